The van der Waals surface area contributed by atoms with Crippen LogP contribution in [0.4, 0.5) is 0 Å². The standard InChI is InChI=1S/C14H15ClN2/c1-14(2,3)11-6-4-10(5-7-11)12-8-9-16-13(15)17-12/h4-9H,1-3H3. The van der Waals surface area contributed by atoms with Gasteiger partial charge in [0.05, 0.1) is 5.69 Å². The molecule has 88 valence electrons. The van der Waals surface area contributed by atoms with Gasteiger partial charge in [-0.2, -0.15) is 0 Å². The van der Waals surface area contributed by atoms with Crippen LogP contribution in [0, 0.1) is 0 Å². The molecule has 0 spiro atoms. The molecule has 0 radical (unpaired) electrons. The summed E-state index contributed by atoms with van der Waals surface area (Å²) in [6.45, 7) is 6.59. The minimum Gasteiger partial charge on any atom is -0.226 e. The zero-order valence-corrected chi connectivity index (χ0v) is 11.0. The first kappa shape index (κ1) is 12.1. The van der Waals surface area contributed by atoms with Crippen molar-refractivity contribution in [1.29, 1.82) is 0 Å². The van der Waals surface area contributed by atoms with Crippen molar-refractivity contribution in [3.05, 3.63) is 47.4 Å². The third kappa shape index (κ3) is 2.83. The van der Waals surface area contributed by atoms with Crippen LogP contribution in [0.3, 0.4) is 0 Å². The third-order valence-electron chi connectivity index (χ3n) is 2.67. The molecule has 0 aliphatic carbocycles. The van der Waals surface area contributed by atoms with Crippen LogP contribution in [-0.2, 0) is 5.41 Å². The van der Waals surface area contributed by atoms with Crippen LogP contribution in [0.2, 0.25) is 5.28 Å². The van der Waals surface area contributed by atoms with Gasteiger partial charge in [0, 0.05) is 11.8 Å². The lowest BCUT2D eigenvalue weighted by Crippen LogP contribution is -2.10. The summed E-state index contributed by atoms with van der Waals surface area (Å²) in [7, 11) is 0. The predicted octanol–water partition coefficient (Wildman–Crippen LogP) is 4.09. The zero-order chi connectivity index (χ0) is 12.5. The van der Waals surface area contributed by atoms with E-state index in [1.54, 1.807) is 6.20 Å². The first-order valence-electron chi connectivity index (χ1n) is 5.56. The summed E-state index contributed by atoms with van der Waals surface area (Å²) in [5.74, 6) is 0. The fourth-order valence-electron chi connectivity index (χ4n) is 1.64. The molecule has 0 saturated carbocycles. The van der Waals surface area contributed by atoms with E-state index in [0.29, 0.717) is 0 Å². The molecule has 1 aromatic carbocycles. The van der Waals surface area contributed by atoms with Gasteiger partial charge in [0.1, 0.15) is 0 Å². The summed E-state index contributed by atoms with van der Waals surface area (Å²) < 4.78 is 0. The highest BCUT2D eigenvalue weighted by molar-refractivity contribution is 6.28. The number of benzene rings is 1. The van der Waals surface area contributed by atoms with Crippen molar-refractivity contribution >= 4 is 11.6 Å². The van der Waals surface area contributed by atoms with E-state index in [0.717, 1.165) is 11.3 Å². The quantitative estimate of drug-likeness (QED) is 0.708. The topological polar surface area (TPSA) is 25.8 Å². The van der Waals surface area contributed by atoms with E-state index in [1.165, 1.54) is 5.56 Å². The van der Waals surface area contributed by atoms with E-state index < -0.39 is 0 Å². The number of rotatable bonds is 1. The maximum Gasteiger partial charge on any atom is 0.222 e. The molecule has 2 aromatic rings. The van der Waals surface area contributed by atoms with E-state index in [1.807, 2.05) is 6.07 Å². The molecule has 17 heavy (non-hydrogen) atoms. The average molecular weight is 247 g/mol. The Kier molecular flexibility index (Phi) is 3.16. The van der Waals surface area contributed by atoms with Crippen LogP contribution in [0.15, 0.2) is 36.5 Å². The first-order chi connectivity index (χ1) is 7.97. The Morgan fingerprint density at radius 3 is 2.18 bits per heavy atom. The van der Waals surface area contributed by atoms with Gasteiger partial charge >= 0.3 is 0 Å². The van der Waals surface area contributed by atoms with Crippen molar-refractivity contribution in [2.24, 2.45) is 0 Å². The average Bonchev–Trinajstić information content (AvgIpc) is 2.28. The fraction of sp³-hybridized carbons (Fsp3) is 0.286. The highest BCUT2D eigenvalue weighted by Crippen LogP contribution is 2.25. The number of aromatic nitrogens is 2. The lowest BCUT2D eigenvalue weighted by atomic mass is 9.86. The van der Waals surface area contributed by atoms with Crippen LogP contribution in [0.25, 0.3) is 11.3 Å². The Morgan fingerprint density at radius 2 is 1.65 bits per heavy atom. The number of hydrogen-bond acceptors (Lipinski definition) is 2. The summed E-state index contributed by atoms with van der Waals surface area (Å²) >= 11 is 5.78. The van der Waals surface area contributed by atoms with Crippen LogP contribution in [0.1, 0.15) is 26.3 Å². The normalized spacial score (nSPS) is 11.5. The maximum absolute atomic E-state index is 5.78. The molecule has 1 aromatic heterocycles. The molecule has 0 bridgehead atoms. The second kappa shape index (κ2) is 4.46. The minimum atomic E-state index is 0.168. The number of nitrogens with zero attached hydrogens (tertiary/aromatic N) is 2. The summed E-state index contributed by atoms with van der Waals surface area (Å²) in [6, 6.07) is 10.3. The van der Waals surface area contributed by atoms with Crippen LogP contribution in [0.5, 0.6) is 0 Å². The Bertz CT molecular complexity index is 512. The lowest BCUT2D eigenvalue weighted by molar-refractivity contribution is 0.590. The van der Waals surface area contributed by atoms with Crippen molar-refractivity contribution in [1.82, 2.24) is 9.97 Å². The molecule has 0 amide bonds. The molecular weight excluding hydrogens is 232 g/mol. The molecule has 0 fully saturated rings. The van der Waals surface area contributed by atoms with E-state index >= 15 is 0 Å². The highest BCUT2D eigenvalue weighted by Gasteiger charge is 2.13. The van der Waals surface area contributed by atoms with Crippen molar-refractivity contribution < 1.29 is 0 Å². The predicted molar refractivity (Wildman–Crippen MR) is 71.2 cm³/mol. The van der Waals surface area contributed by atoms with Crippen LogP contribution >= 0.6 is 11.6 Å². The van der Waals surface area contributed by atoms with Gasteiger partial charge in [-0.15, -0.1) is 0 Å². The summed E-state index contributed by atoms with van der Waals surface area (Å²) in [5, 5.41) is 0.280. The molecule has 2 rings (SSSR count). The van der Waals surface area contributed by atoms with E-state index in [-0.39, 0.29) is 10.7 Å². The molecule has 0 N–H and O–H groups in total. The molecule has 0 aliphatic heterocycles. The van der Waals surface area contributed by atoms with Crippen molar-refractivity contribution in [2.75, 3.05) is 0 Å². The molecule has 0 unspecified atom stereocenters. The first-order valence-corrected chi connectivity index (χ1v) is 5.94. The summed E-state index contributed by atoms with van der Waals surface area (Å²) in [5.41, 5.74) is 3.39. The van der Waals surface area contributed by atoms with Gasteiger partial charge in [-0.05, 0) is 28.6 Å². The van der Waals surface area contributed by atoms with Gasteiger partial charge in [-0.1, -0.05) is 45.0 Å². The van der Waals surface area contributed by atoms with E-state index in [2.05, 4.69) is 55.0 Å². The van der Waals surface area contributed by atoms with Gasteiger partial charge in [0.15, 0.2) is 0 Å². The van der Waals surface area contributed by atoms with Gasteiger partial charge in [0.2, 0.25) is 5.28 Å². The van der Waals surface area contributed by atoms with Gasteiger partial charge in [-0.3, -0.25) is 0 Å². The van der Waals surface area contributed by atoms with Crippen molar-refractivity contribution in [3.63, 3.8) is 0 Å². The molecule has 0 saturated heterocycles. The number of hydrogen-bond donors (Lipinski definition) is 0. The SMILES string of the molecule is CC(C)(C)c1ccc(-c2ccnc(Cl)n2)cc1. The molecular formula is C14H15ClN2. The van der Waals surface area contributed by atoms with E-state index in [9.17, 15) is 0 Å². The van der Waals surface area contributed by atoms with Crippen molar-refractivity contribution in [2.45, 2.75) is 26.2 Å². The van der Waals surface area contributed by atoms with Gasteiger partial charge < -0.3 is 0 Å². The second-order valence-corrected chi connectivity index (χ2v) is 5.38. The minimum absolute atomic E-state index is 0.168. The Labute approximate surface area is 107 Å². The fourth-order valence-corrected chi connectivity index (χ4v) is 1.78. The van der Waals surface area contributed by atoms with E-state index in [4.69, 9.17) is 11.6 Å². The second-order valence-electron chi connectivity index (χ2n) is 5.04. The largest absolute Gasteiger partial charge is 0.226 e. The Balaban J connectivity index is 2.36. The van der Waals surface area contributed by atoms with Crippen LogP contribution < -0.4 is 0 Å². The zero-order valence-electron chi connectivity index (χ0n) is 10.2. The third-order valence-corrected chi connectivity index (χ3v) is 2.85. The maximum atomic E-state index is 5.78. The summed E-state index contributed by atoms with van der Waals surface area (Å²) in [4.78, 5) is 8.07. The summed E-state index contributed by atoms with van der Waals surface area (Å²) in [6.07, 6.45) is 1.67. The molecule has 0 atom stereocenters. The molecule has 2 nitrogen and oxygen atoms in total. The molecule has 1 heterocycles. The smallest absolute Gasteiger partial charge is 0.222 e. The Hall–Kier alpha value is -1.41. The highest BCUT2D eigenvalue weighted by atomic mass is 35.5. The van der Waals surface area contributed by atoms with Crippen LogP contribution in [-0.4, -0.2) is 9.97 Å². The van der Waals surface area contributed by atoms with Gasteiger partial charge in [-0.25, -0.2) is 9.97 Å². The molecule has 3 heteroatoms. The Morgan fingerprint density at radius 1 is 1.00 bits per heavy atom. The van der Waals surface area contributed by atoms with Crippen molar-refractivity contribution in [3.8, 4) is 11.3 Å². The number of halogens is 1. The van der Waals surface area contributed by atoms with Gasteiger partial charge in [0.25, 0.3) is 0 Å². The lowest BCUT2D eigenvalue weighted by Gasteiger charge is -2.19. The monoisotopic (exact) mass is 246 g/mol. The molecule has 0 aliphatic rings.